The molecule has 3 rings (SSSR count). The predicted octanol–water partition coefficient (Wildman–Crippen LogP) is 0.286. The minimum atomic E-state index is -0.289. The molecule has 0 aromatic carbocycles. The second-order valence-electron chi connectivity index (χ2n) is 6.68. The van der Waals surface area contributed by atoms with Crippen LogP contribution in [0, 0.1) is 0 Å². The fourth-order valence-corrected chi connectivity index (χ4v) is 3.43. The highest BCUT2D eigenvalue weighted by Crippen LogP contribution is 2.24. The quantitative estimate of drug-likeness (QED) is 0.623. The molecule has 6 atom stereocenters. The molecular formula is C16H26BN3O5. The lowest BCUT2D eigenvalue weighted by Crippen LogP contribution is -2.28. The van der Waals surface area contributed by atoms with Crippen molar-refractivity contribution < 1.29 is 23.7 Å². The third-order valence-corrected chi connectivity index (χ3v) is 4.65. The average Bonchev–Trinajstić information content (AvgIpc) is 3.26. The smallest absolute Gasteiger partial charge is 0.109 e. The van der Waals surface area contributed by atoms with Gasteiger partial charge in [0.1, 0.15) is 25.7 Å². The lowest BCUT2D eigenvalue weighted by Gasteiger charge is -2.17. The molecule has 1 aromatic heterocycles. The summed E-state index contributed by atoms with van der Waals surface area (Å²) < 4.78 is 29.8. The van der Waals surface area contributed by atoms with Crippen molar-refractivity contribution in [2.45, 2.75) is 69.4 Å². The number of ether oxygens (including phenoxy) is 5. The molecule has 2 fully saturated rings. The molecule has 9 heteroatoms. The van der Waals surface area contributed by atoms with Gasteiger partial charge in [0, 0.05) is 26.6 Å². The fraction of sp³-hybridized carbons (Fsp3) is 0.875. The van der Waals surface area contributed by atoms with Crippen molar-refractivity contribution in [3.05, 3.63) is 11.9 Å². The molecule has 0 bridgehead atoms. The molecule has 0 N–H and O–H groups in total. The van der Waals surface area contributed by atoms with E-state index in [9.17, 15) is 0 Å². The maximum absolute atomic E-state index is 5.97. The van der Waals surface area contributed by atoms with E-state index >= 15 is 0 Å². The van der Waals surface area contributed by atoms with E-state index in [1.807, 2.05) is 13.1 Å². The SMILES string of the molecule is [B][C@H]1CC(OC)[C@@H](Cn2cc(COC3C[C@H](C)O[C@@H]3COC)nn2)O1. The van der Waals surface area contributed by atoms with Crippen LogP contribution in [0.2, 0.25) is 0 Å². The van der Waals surface area contributed by atoms with Crippen LogP contribution < -0.4 is 0 Å². The zero-order valence-electron chi connectivity index (χ0n) is 15.0. The Kier molecular flexibility index (Phi) is 6.46. The highest BCUT2D eigenvalue weighted by Gasteiger charge is 2.34. The molecule has 2 aliphatic heterocycles. The molecule has 0 saturated carbocycles. The molecule has 0 aliphatic carbocycles. The summed E-state index contributed by atoms with van der Waals surface area (Å²) in [6, 6.07) is -0.289. The molecule has 0 amide bonds. The van der Waals surface area contributed by atoms with Crippen molar-refractivity contribution >= 4 is 7.85 Å². The molecule has 2 radical (unpaired) electrons. The van der Waals surface area contributed by atoms with E-state index < -0.39 is 0 Å². The lowest BCUT2D eigenvalue weighted by molar-refractivity contribution is -0.0582. The van der Waals surface area contributed by atoms with E-state index in [1.165, 1.54) is 0 Å². The first kappa shape index (κ1) is 18.8. The zero-order valence-corrected chi connectivity index (χ0v) is 15.0. The fourth-order valence-electron chi connectivity index (χ4n) is 3.43. The van der Waals surface area contributed by atoms with Gasteiger partial charge >= 0.3 is 0 Å². The zero-order chi connectivity index (χ0) is 17.8. The normalized spacial score (nSPS) is 35.5. The molecular weight excluding hydrogens is 325 g/mol. The largest absolute Gasteiger partial charge is 0.382 e. The molecule has 1 aromatic rings. The summed E-state index contributed by atoms with van der Waals surface area (Å²) in [6.07, 6.45) is 3.41. The Labute approximate surface area is 149 Å². The van der Waals surface area contributed by atoms with Crippen LogP contribution in [-0.2, 0) is 36.8 Å². The van der Waals surface area contributed by atoms with Crippen LogP contribution >= 0.6 is 0 Å². The van der Waals surface area contributed by atoms with Crippen molar-refractivity contribution in [3.8, 4) is 0 Å². The molecule has 2 saturated heterocycles. The summed E-state index contributed by atoms with van der Waals surface area (Å²) in [5.74, 6) is 0. The molecule has 3 heterocycles. The highest BCUT2D eigenvalue weighted by molar-refractivity contribution is 6.11. The second kappa shape index (κ2) is 8.59. The van der Waals surface area contributed by atoms with E-state index in [4.69, 9.17) is 31.5 Å². The average molecular weight is 351 g/mol. The van der Waals surface area contributed by atoms with E-state index in [2.05, 4.69) is 10.3 Å². The van der Waals surface area contributed by atoms with Gasteiger partial charge in [-0.1, -0.05) is 5.21 Å². The van der Waals surface area contributed by atoms with Crippen molar-refractivity contribution in [3.63, 3.8) is 0 Å². The number of aromatic nitrogens is 3. The predicted molar refractivity (Wildman–Crippen MR) is 89.3 cm³/mol. The van der Waals surface area contributed by atoms with Crippen LogP contribution in [0.3, 0.4) is 0 Å². The monoisotopic (exact) mass is 351 g/mol. The maximum atomic E-state index is 5.97. The molecule has 0 spiro atoms. The Morgan fingerprint density at radius 1 is 1.24 bits per heavy atom. The van der Waals surface area contributed by atoms with E-state index in [-0.39, 0.29) is 36.5 Å². The van der Waals surface area contributed by atoms with Crippen molar-refractivity contribution in [1.82, 2.24) is 15.0 Å². The van der Waals surface area contributed by atoms with E-state index in [0.717, 1.165) is 12.1 Å². The first-order chi connectivity index (χ1) is 12.1. The number of rotatable bonds is 8. The van der Waals surface area contributed by atoms with Gasteiger partial charge in [0.25, 0.3) is 0 Å². The summed E-state index contributed by atoms with van der Waals surface area (Å²) in [7, 11) is 9.16. The summed E-state index contributed by atoms with van der Waals surface area (Å²) in [6.45, 7) is 3.51. The molecule has 2 aliphatic rings. The Balaban J connectivity index is 1.50. The van der Waals surface area contributed by atoms with Crippen molar-refractivity contribution in [1.29, 1.82) is 0 Å². The van der Waals surface area contributed by atoms with Crippen molar-refractivity contribution in [2.75, 3.05) is 20.8 Å². The summed E-state index contributed by atoms with van der Waals surface area (Å²) in [5.41, 5.74) is 0.770. The minimum absolute atomic E-state index is 0.00846. The Morgan fingerprint density at radius 2 is 2.08 bits per heavy atom. The standard InChI is InChI=1S/C16H26BN3O5/c1-10-4-13(15(24-10)9-21-2)23-8-11-6-20(19-18-11)7-14-12(22-3)5-16(17)25-14/h6,10,12-16H,4-5,7-9H2,1-3H3/t10-,12?,13?,14+,15+,16+/m0/s1. The van der Waals surface area contributed by atoms with Gasteiger partial charge in [0.05, 0.1) is 44.3 Å². The van der Waals surface area contributed by atoms with Gasteiger partial charge in [-0.3, -0.25) is 0 Å². The van der Waals surface area contributed by atoms with Gasteiger partial charge in [0.2, 0.25) is 0 Å². The maximum Gasteiger partial charge on any atom is 0.109 e. The first-order valence-electron chi connectivity index (χ1n) is 8.68. The van der Waals surface area contributed by atoms with Gasteiger partial charge in [-0.05, 0) is 13.3 Å². The third-order valence-electron chi connectivity index (χ3n) is 4.65. The Morgan fingerprint density at radius 3 is 2.84 bits per heavy atom. The van der Waals surface area contributed by atoms with Crippen LogP contribution in [-0.4, -0.2) is 80.2 Å². The second-order valence-corrected chi connectivity index (χ2v) is 6.68. The van der Waals surface area contributed by atoms with Crippen LogP contribution in [0.25, 0.3) is 0 Å². The summed E-state index contributed by atoms with van der Waals surface area (Å²) >= 11 is 0. The van der Waals surface area contributed by atoms with Crippen LogP contribution in [0.4, 0.5) is 0 Å². The number of methoxy groups -OCH3 is 2. The first-order valence-corrected chi connectivity index (χ1v) is 8.68. The van der Waals surface area contributed by atoms with Gasteiger partial charge in [0.15, 0.2) is 0 Å². The van der Waals surface area contributed by atoms with Crippen molar-refractivity contribution in [2.24, 2.45) is 0 Å². The topological polar surface area (TPSA) is 76.9 Å². The third kappa shape index (κ3) is 4.80. The van der Waals surface area contributed by atoms with Crippen LogP contribution in [0.15, 0.2) is 6.20 Å². The summed E-state index contributed by atoms with van der Waals surface area (Å²) in [5, 5.41) is 8.31. The number of nitrogens with zero attached hydrogens (tertiary/aromatic N) is 3. The number of hydrogen-bond donors (Lipinski definition) is 0. The van der Waals surface area contributed by atoms with Crippen LogP contribution in [0.1, 0.15) is 25.5 Å². The highest BCUT2D eigenvalue weighted by atomic mass is 16.6. The van der Waals surface area contributed by atoms with Gasteiger partial charge in [-0.25, -0.2) is 4.68 Å². The molecule has 25 heavy (non-hydrogen) atoms. The molecule has 8 nitrogen and oxygen atoms in total. The van der Waals surface area contributed by atoms with Crippen LogP contribution in [0.5, 0.6) is 0 Å². The minimum Gasteiger partial charge on any atom is -0.382 e. The summed E-state index contributed by atoms with van der Waals surface area (Å²) in [4.78, 5) is 0. The molecule has 2 unspecified atom stereocenters. The molecule has 138 valence electrons. The lowest BCUT2D eigenvalue weighted by atomic mass is 9.96. The Hall–Kier alpha value is -0.995. The number of hydrogen-bond acceptors (Lipinski definition) is 7. The van der Waals surface area contributed by atoms with E-state index in [1.54, 1.807) is 18.9 Å². The van der Waals surface area contributed by atoms with E-state index in [0.29, 0.717) is 26.2 Å². The van der Waals surface area contributed by atoms with Gasteiger partial charge in [-0.15, -0.1) is 5.10 Å². The Bertz CT molecular complexity index is 546. The van der Waals surface area contributed by atoms with Gasteiger partial charge in [-0.2, -0.15) is 0 Å². The van der Waals surface area contributed by atoms with Gasteiger partial charge < -0.3 is 23.7 Å².